The number of benzene rings is 2. The molecule has 0 aliphatic carbocycles. The fraction of sp³-hybridized carbons (Fsp3) is 0.294. The summed E-state index contributed by atoms with van der Waals surface area (Å²) in [5.41, 5.74) is 4.85. The van der Waals surface area contributed by atoms with Crippen LogP contribution in [0.3, 0.4) is 0 Å². The molecule has 0 saturated carbocycles. The molecule has 0 spiro atoms. The van der Waals surface area contributed by atoms with Gasteiger partial charge in [0.1, 0.15) is 0 Å². The number of nitrogens with one attached hydrogen (secondary N) is 1. The molecule has 1 N–H and O–H groups in total. The molecule has 0 heterocycles. The minimum absolute atomic E-state index is 0.500. The maximum absolute atomic E-state index is 6.17. The summed E-state index contributed by atoms with van der Waals surface area (Å²) < 4.78 is 0. The minimum atomic E-state index is 0.500. The van der Waals surface area contributed by atoms with Gasteiger partial charge in [-0.1, -0.05) is 48.0 Å². The Morgan fingerprint density at radius 2 is 1.68 bits per heavy atom. The maximum atomic E-state index is 6.17. The summed E-state index contributed by atoms with van der Waals surface area (Å²) in [7, 11) is 1.99. The van der Waals surface area contributed by atoms with Crippen molar-refractivity contribution in [3.8, 4) is 11.1 Å². The summed E-state index contributed by atoms with van der Waals surface area (Å²) in [6, 6.07) is 15.4. The molecule has 0 aliphatic rings. The molecule has 0 bridgehead atoms. The van der Waals surface area contributed by atoms with Gasteiger partial charge in [0, 0.05) is 11.1 Å². The van der Waals surface area contributed by atoms with E-state index in [0.29, 0.717) is 6.04 Å². The van der Waals surface area contributed by atoms with Crippen molar-refractivity contribution in [1.82, 2.24) is 5.32 Å². The van der Waals surface area contributed by atoms with Crippen LogP contribution in [-0.2, 0) is 6.42 Å². The van der Waals surface area contributed by atoms with Gasteiger partial charge in [-0.2, -0.15) is 0 Å². The molecule has 0 aliphatic heterocycles. The third-order valence-corrected chi connectivity index (χ3v) is 3.90. The van der Waals surface area contributed by atoms with Crippen LogP contribution in [0.25, 0.3) is 11.1 Å². The topological polar surface area (TPSA) is 12.0 Å². The number of halogens is 1. The van der Waals surface area contributed by atoms with Gasteiger partial charge in [-0.15, -0.1) is 0 Å². The molecule has 0 saturated heterocycles. The molecule has 100 valence electrons. The van der Waals surface area contributed by atoms with Gasteiger partial charge < -0.3 is 5.32 Å². The Morgan fingerprint density at radius 1 is 1.05 bits per heavy atom. The van der Waals surface area contributed by atoms with Gasteiger partial charge in [0.15, 0.2) is 0 Å². The quantitative estimate of drug-likeness (QED) is 0.867. The van der Waals surface area contributed by atoms with Crippen LogP contribution in [0.5, 0.6) is 0 Å². The monoisotopic (exact) mass is 273 g/mol. The molecule has 2 rings (SSSR count). The predicted molar refractivity (Wildman–Crippen MR) is 83.9 cm³/mol. The highest BCUT2D eigenvalue weighted by atomic mass is 35.5. The van der Waals surface area contributed by atoms with Crippen molar-refractivity contribution in [2.24, 2.45) is 0 Å². The van der Waals surface area contributed by atoms with E-state index in [2.05, 4.69) is 48.6 Å². The first-order valence-corrected chi connectivity index (χ1v) is 7.00. The number of aryl methyl sites for hydroxylation is 1. The Balaban J connectivity index is 2.20. The van der Waals surface area contributed by atoms with Crippen molar-refractivity contribution < 1.29 is 0 Å². The van der Waals surface area contributed by atoms with Crippen LogP contribution in [0.15, 0.2) is 42.5 Å². The lowest BCUT2D eigenvalue weighted by molar-refractivity contribution is 0.608. The second-order valence-corrected chi connectivity index (χ2v) is 5.46. The Kier molecular flexibility index (Phi) is 4.62. The van der Waals surface area contributed by atoms with E-state index in [-0.39, 0.29) is 0 Å². The molecule has 19 heavy (non-hydrogen) atoms. The molecule has 1 nitrogen and oxygen atoms in total. The van der Waals surface area contributed by atoms with Crippen molar-refractivity contribution in [3.63, 3.8) is 0 Å². The summed E-state index contributed by atoms with van der Waals surface area (Å²) in [5.74, 6) is 0. The molecule has 0 radical (unpaired) electrons. The fourth-order valence-electron chi connectivity index (χ4n) is 2.06. The molecule has 2 aromatic carbocycles. The summed E-state index contributed by atoms with van der Waals surface area (Å²) in [6.07, 6.45) is 1.05. The van der Waals surface area contributed by atoms with Crippen LogP contribution in [0.2, 0.25) is 5.02 Å². The van der Waals surface area contributed by atoms with Crippen molar-refractivity contribution in [1.29, 1.82) is 0 Å². The zero-order chi connectivity index (χ0) is 13.8. The van der Waals surface area contributed by atoms with E-state index in [9.17, 15) is 0 Å². The molecule has 0 aromatic heterocycles. The molecule has 2 aromatic rings. The highest BCUT2D eigenvalue weighted by Gasteiger charge is 2.03. The standard InChI is InChI=1S/C17H20ClN/c1-12-4-7-16(11-17(12)18)15-8-5-14(6-9-15)10-13(2)19-3/h4-9,11,13,19H,10H2,1-3H3. The third-order valence-electron chi connectivity index (χ3n) is 3.49. The fourth-order valence-corrected chi connectivity index (χ4v) is 2.24. The van der Waals surface area contributed by atoms with Crippen molar-refractivity contribution in [2.45, 2.75) is 26.3 Å². The Morgan fingerprint density at radius 3 is 2.26 bits per heavy atom. The van der Waals surface area contributed by atoms with E-state index < -0.39 is 0 Å². The van der Waals surface area contributed by atoms with Crippen LogP contribution >= 0.6 is 11.6 Å². The van der Waals surface area contributed by atoms with Crippen LogP contribution in [0, 0.1) is 6.92 Å². The summed E-state index contributed by atoms with van der Waals surface area (Å²) >= 11 is 6.17. The molecular formula is C17H20ClN. The van der Waals surface area contributed by atoms with Crippen LogP contribution in [0.4, 0.5) is 0 Å². The van der Waals surface area contributed by atoms with Crippen LogP contribution in [-0.4, -0.2) is 13.1 Å². The first kappa shape index (κ1) is 14.1. The first-order valence-electron chi connectivity index (χ1n) is 6.63. The minimum Gasteiger partial charge on any atom is -0.317 e. The second-order valence-electron chi connectivity index (χ2n) is 5.05. The van der Waals surface area contributed by atoms with E-state index in [4.69, 9.17) is 11.6 Å². The number of hydrogen-bond acceptors (Lipinski definition) is 1. The van der Waals surface area contributed by atoms with Gasteiger partial charge in [0.05, 0.1) is 0 Å². The van der Waals surface area contributed by atoms with Crippen LogP contribution in [0.1, 0.15) is 18.1 Å². The summed E-state index contributed by atoms with van der Waals surface area (Å²) in [5, 5.41) is 4.08. The van der Waals surface area contributed by atoms with E-state index in [1.807, 2.05) is 20.0 Å². The van der Waals surface area contributed by atoms with Crippen LogP contribution < -0.4 is 5.32 Å². The lowest BCUT2D eigenvalue weighted by Crippen LogP contribution is -2.23. The number of hydrogen-bond donors (Lipinski definition) is 1. The molecular weight excluding hydrogens is 254 g/mol. The number of rotatable bonds is 4. The first-order chi connectivity index (χ1) is 9.10. The molecule has 1 atom stereocenters. The Hall–Kier alpha value is -1.31. The normalized spacial score (nSPS) is 12.4. The van der Waals surface area contributed by atoms with Gasteiger partial charge in [-0.05, 0) is 55.6 Å². The predicted octanol–water partition coefficient (Wildman–Crippen LogP) is 4.47. The van der Waals surface area contributed by atoms with Gasteiger partial charge in [-0.3, -0.25) is 0 Å². The Labute approximate surface area is 120 Å². The molecule has 1 unspecified atom stereocenters. The largest absolute Gasteiger partial charge is 0.317 e. The third kappa shape index (κ3) is 3.59. The van der Waals surface area contributed by atoms with Gasteiger partial charge in [-0.25, -0.2) is 0 Å². The lowest BCUT2D eigenvalue weighted by atomic mass is 10.0. The lowest BCUT2D eigenvalue weighted by Gasteiger charge is -2.11. The second kappa shape index (κ2) is 6.23. The molecule has 0 fully saturated rings. The average molecular weight is 274 g/mol. The van der Waals surface area contributed by atoms with Crippen molar-refractivity contribution >= 4 is 11.6 Å². The highest BCUT2D eigenvalue weighted by molar-refractivity contribution is 6.31. The van der Waals surface area contributed by atoms with E-state index in [0.717, 1.165) is 17.0 Å². The van der Waals surface area contributed by atoms with E-state index in [1.54, 1.807) is 0 Å². The van der Waals surface area contributed by atoms with Crippen molar-refractivity contribution in [2.75, 3.05) is 7.05 Å². The SMILES string of the molecule is CNC(C)Cc1ccc(-c2ccc(C)c(Cl)c2)cc1. The van der Waals surface area contributed by atoms with Gasteiger partial charge >= 0.3 is 0 Å². The van der Waals surface area contributed by atoms with E-state index in [1.165, 1.54) is 16.7 Å². The Bertz CT molecular complexity index is 546. The molecule has 0 amide bonds. The molecule has 2 heteroatoms. The smallest absolute Gasteiger partial charge is 0.0441 e. The zero-order valence-corrected chi connectivity index (χ0v) is 12.5. The van der Waals surface area contributed by atoms with Gasteiger partial charge in [0.25, 0.3) is 0 Å². The zero-order valence-electron chi connectivity index (χ0n) is 11.7. The number of likely N-dealkylation sites (N-methyl/N-ethyl adjacent to an activating group) is 1. The van der Waals surface area contributed by atoms with Gasteiger partial charge in [0.2, 0.25) is 0 Å². The van der Waals surface area contributed by atoms with Crippen molar-refractivity contribution in [3.05, 3.63) is 58.6 Å². The highest BCUT2D eigenvalue weighted by Crippen LogP contribution is 2.25. The maximum Gasteiger partial charge on any atom is 0.0441 e. The summed E-state index contributed by atoms with van der Waals surface area (Å²) in [4.78, 5) is 0. The average Bonchev–Trinajstić information content (AvgIpc) is 2.42. The summed E-state index contributed by atoms with van der Waals surface area (Å²) in [6.45, 7) is 4.21. The van der Waals surface area contributed by atoms with E-state index >= 15 is 0 Å².